The van der Waals surface area contributed by atoms with Gasteiger partial charge in [-0.2, -0.15) is 0 Å². The van der Waals surface area contributed by atoms with Gasteiger partial charge in [-0.25, -0.2) is 0 Å². The minimum absolute atomic E-state index is 0.0342. The van der Waals surface area contributed by atoms with Gasteiger partial charge in [0.15, 0.2) is 0 Å². The summed E-state index contributed by atoms with van der Waals surface area (Å²) in [5.41, 5.74) is 0. The van der Waals surface area contributed by atoms with E-state index in [0.717, 1.165) is 42.6 Å². The second-order valence-electron chi connectivity index (χ2n) is 7.64. The third kappa shape index (κ3) is 2.02. The molecule has 18 heavy (non-hydrogen) atoms. The van der Waals surface area contributed by atoms with Crippen LogP contribution in [0.1, 0.15) is 57.8 Å². The topological polar surface area (TPSA) is 32.3 Å². The van der Waals surface area contributed by atoms with Crippen LogP contribution in [0, 0.1) is 23.7 Å². The highest BCUT2D eigenvalue weighted by Gasteiger charge is 2.48. The molecule has 0 saturated heterocycles. The van der Waals surface area contributed by atoms with Crippen LogP contribution >= 0.6 is 0 Å². The summed E-state index contributed by atoms with van der Waals surface area (Å²) in [5.74, 6) is 4.09. The van der Waals surface area contributed by atoms with Crippen LogP contribution in [0.2, 0.25) is 0 Å². The Bertz CT molecular complexity index is 288. The van der Waals surface area contributed by atoms with Gasteiger partial charge in [0.1, 0.15) is 0 Å². The van der Waals surface area contributed by atoms with E-state index >= 15 is 0 Å². The van der Waals surface area contributed by atoms with Gasteiger partial charge in [0.2, 0.25) is 0 Å². The number of hydrogen-bond donors (Lipinski definition) is 2. The molecule has 5 saturated carbocycles. The summed E-state index contributed by atoms with van der Waals surface area (Å²) in [6.07, 6.45) is 12.0. The molecule has 0 aromatic rings. The maximum absolute atomic E-state index is 9.82. The monoisotopic (exact) mass is 249 g/mol. The van der Waals surface area contributed by atoms with Crippen LogP contribution in [0.4, 0.5) is 0 Å². The molecule has 0 amide bonds. The third-order valence-corrected chi connectivity index (χ3v) is 6.30. The third-order valence-electron chi connectivity index (χ3n) is 6.30. The normalized spacial score (nSPS) is 54.8. The van der Waals surface area contributed by atoms with Crippen molar-refractivity contribution in [3.8, 4) is 0 Å². The fraction of sp³-hybridized carbons (Fsp3) is 1.00. The molecule has 0 aliphatic heterocycles. The van der Waals surface area contributed by atoms with Crippen LogP contribution in [0.3, 0.4) is 0 Å². The first-order valence-corrected chi connectivity index (χ1v) is 8.22. The molecule has 0 heterocycles. The Morgan fingerprint density at radius 2 is 1.44 bits per heavy atom. The Balaban J connectivity index is 1.42. The first-order chi connectivity index (χ1) is 8.78. The standard InChI is InChI=1S/C16H27NO/c18-15-3-1-2-14(9-15)17-16-12-5-10-4-11(7-12)8-13(16)6-10/h10-18H,1-9H2. The molecule has 2 nitrogen and oxygen atoms in total. The van der Waals surface area contributed by atoms with Crippen molar-refractivity contribution < 1.29 is 5.11 Å². The van der Waals surface area contributed by atoms with Gasteiger partial charge in [-0.1, -0.05) is 0 Å². The molecule has 5 aliphatic carbocycles. The summed E-state index contributed by atoms with van der Waals surface area (Å²) < 4.78 is 0. The van der Waals surface area contributed by atoms with Crippen molar-refractivity contribution in [3.63, 3.8) is 0 Å². The van der Waals surface area contributed by atoms with Crippen molar-refractivity contribution in [2.45, 2.75) is 76.0 Å². The molecule has 2 unspecified atom stereocenters. The summed E-state index contributed by atoms with van der Waals surface area (Å²) in [6.45, 7) is 0. The van der Waals surface area contributed by atoms with Crippen LogP contribution in [0.15, 0.2) is 0 Å². The van der Waals surface area contributed by atoms with E-state index < -0.39 is 0 Å². The molecule has 5 rings (SSSR count). The number of rotatable bonds is 2. The molecule has 5 fully saturated rings. The number of nitrogens with one attached hydrogen (secondary N) is 1. The van der Waals surface area contributed by atoms with Gasteiger partial charge in [0.05, 0.1) is 6.10 Å². The van der Waals surface area contributed by atoms with Gasteiger partial charge < -0.3 is 10.4 Å². The number of aliphatic hydroxyl groups excluding tert-OH is 1. The molecule has 2 atom stereocenters. The lowest BCUT2D eigenvalue weighted by Crippen LogP contribution is -2.57. The predicted octanol–water partition coefficient (Wildman–Crippen LogP) is 2.70. The first kappa shape index (κ1) is 11.7. The Labute approximate surface area is 111 Å². The van der Waals surface area contributed by atoms with E-state index in [-0.39, 0.29) is 6.10 Å². The maximum Gasteiger partial charge on any atom is 0.0555 e. The van der Waals surface area contributed by atoms with Crippen molar-refractivity contribution in [2.24, 2.45) is 23.7 Å². The van der Waals surface area contributed by atoms with Gasteiger partial charge in [0.25, 0.3) is 0 Å². The highest BCUT2D eigenvalue weighted by atomic mass is 16.3. The highest BCUT2D eigenvalue weighted by Crippen LogP contribution is 2.53. The molecule has 2 N–H and O–H groups in total. The van der Waals surface area contributed by atoms with Crippen LogP contribution in [-0.4, -0.2) is 23.3 Å². The van der Waals surface area contributed by atoms with Crippen molar-refractivity contribution in [1.29, 1.82) is 0 Å². The molecular formula is C16H27NO. The lowest BCUT2D eigenvalue weighted by atomic mass is 9.54. The van der Waals surface area contributed by atoms with Crippen molar-refractivity contribution >= 4 is 0 Å². The van der Waals surface area contributed by atoms with Gasteiger partial charge in [-0.05, 0) is 81.5 Å². The molecule has 5 aliphatic rings. The van der Waals surface area contributed by atoms with Gasteiger partial charge in [-0.3, -0.25) is 0 Å². The fourth-order valence-corrected chi connectivity index (χ4v) is 5.78. The average Bonchev–Trinajstić information content (AvgIpc) is 2.33. The summed E-state index contributed by atoms with van der Waals surface area (Å²) in [5, 5.41) is 13.8. The van der Waals surface area contributed by atoms with E-state index in [2.05, 4.69) is 5.32 Å². The minimum atomic E-state index is -0.0342. The lowest BCUT2D eigenvalue weighted by molar-refractivity contribution is -0.0225. The quantitative estimate of drug-likeness (QED) is 0.788. The summed E-state index contributed by atoms with van der Waals surface area (Å²) in [4.78, 5) is 0. The molecular weight excluding hydrogens is 222 g/mol. The van der Waals surface area contributed by atoms with Crippen LogP contribution in [0.25, 0.3) is 0 Å². The lowest BCUT2D eigenvalue weighted by Gasteiger charge is -2.55. The summed E-state index contributed by atoms with van der Waals surface area (Å²) >= 11 is 0. The smallest absolute Gasteiger partial charge is 0.0555 e. The van der Waals surface area contributed by atoms with E-state index in [1.807, 2.05) is 0 Å². The predicted molar refractivity (Wildman–Crippen MR) is 72.2 cm³/mol. The van der Waals surface area contributed by atoms with E-state index in [9.17, 15) is 5.11 Å². The van der Waals surface area contributed by atoms with Gasteiger partial charge in [0, 0.05) is 12.1 Å². The Kier molecular flexibility index (Phi) is 2.92. The second kappa shape index (κ2) is 4.49. The van der Waals surface area contributed by atoms with E-state index in [1.54, 1.807) is 6.42 Å². The molecule has 4 bridgehead atoms. The molecule has 2 heteroatoms. The van der Waals surface area contributed by atoms with E-state index in [0.29, 0.717) is 6.04 Å². The second-order valence-corrected chi connectivity index (χ2v) is 7.64. The molecule has 0 spiro atoms. The van der Waals surface area contributed by atoms with Crippen LogP contribution in [-0.2, 0) is 0 Å². The van der Waals surface area contributed by atoms with Crippen LogP contribution < -0.4 is 5.32 Å². The number of hydrogen-bond acceptors (Lipinski definition) is 2. The Morgan fingerprint density at radius 3 is 2.06 bits per heavy atom. The zero-order valence-electron chi connectivity index (χ0n) is 11.4. The molecule has 0 radical (unpaired) electrons. The molecule has 102 valence electrons. The van der Waals surface area contributed by atoms with E-state index in [4.69, 9.17) is 0 Å². The fourth-order valence-electron chi connectivity index (χ4n) is 5.78. The Morgan fingerprint density at radius 1 is 0.778 bits per heavy atom. The zero-order valence-corrected chi connectivity index (χ0v) is 11.4. The molecule has 0 aromatic carbocycles. The minimum Gasteiger partial charge on any atom is -0.393 e. The first-order valence-electron chi connectivity index (χ1n) is 8.22. The highest BCUT2D eigenvalue weighted by molar-refractivity contribution is 5.02. The average molecular weight is 249 g/mol. The molecule has 0 aromatic heterocycles. The summed E-state index contributed by atoms with van der Waals surface area (Å²) in [6, 6.07) is 1.41. The van der Waals surface area contributed by atoms with Crippen molar-refractivity contribution in [2.75, 3.05) is 0 Å². The van der Waals surface area contributed by atoms with Gasteiger partial charge in [-0.15, -0.1) is 0 Å². The van der Waals surface area contributed by atoms with Crippen LogP contribution in [0.5, 0.6) is 0 Å². The zero-order chi connectivity index (χ0) is 12.1. The van der Waals surface area contributed by atoms with Crippen molar-refractivity contribution in [1.82, 2.24) is 5.32 Å². The largest absolute Gasteiger partial charge is 0.393 e. The SMILES string of the molecule is OC1CCCC(NC2C3CC4CC(C3)CC2C4)C1. The summed E-state index contributed by atoms with van der Waals surface area (Å²) in [7, 11) is 0. The van der Waals surface area contributed by atoms with Gasteiger partial charge >= 0.3 is 0 Å². The van der Waals surface area contributed by atoms with Crippen molar-refractivity contribution in [3.05, 3.63) is 0 Å². The number of aliphatic hydroxyl groups is 1. The Hall–Kier alpha value is -0.0800. The maximum atomic E-state index is 9.82. The van der Waals surface area contributed by atoms with E-state index in [1.165, 1.54) is 38.5 Å².